The zero-order valence-corrected chi connectivity index (χ0v) is 76.3. The molecule has 1 saturated heterocycles. The predicted octanol–water partition coefficient (Wildman–Crippen LogP) is 21.2. The quantitative estimate of drug-likeness (QED) is 0.00388. The number of aromatic nitrogens is 6. The summed E-state index contributed by atoms with van der Waals surface area (Å²) in [6.07, 6.45) is 2.56. The number of carboxylic acid groups (broad SMARTS) is 1. The molecular weight excluding hydrogens is 1570 g/mol. The Morgan fingerprint density at radius 3 is 1.21 bits per heavy atom. The molecule has 1 amide bonds. The fraction of sp³-hybridized carbons (Fsp3) is 0.563. The number of nitrogens with one attached hydrogen (secondary N) is 3. The first kappa shape index (κ1) is 113. The van der Waals surface area contributed by atoms with Gasteiger partial charge in [-0.2, -0.15) is 10.2 Å². The summed E-state index contributed by atoms with van der Waals surface area (Å²) in [6.45, 7) is 55.0. The van der Waals surface area contributed by atoms with Crippen molar-refractivity contribution >= 4 is 54.6 Å². The Morgan fingerprint density at radius 2 is 0.906 bits per heavy atom. The molecule has 0 spiro atoms. The number of hydrazine groups is 2. The van der Waals surface area contributed by atoms with Gasteiger partial charge in [-0.1, -0.05) is 276 Å². The third-order valence-corrected chi connectivity index (χ3v) is 19.0. The number of hydrogen-bond acceptors (Lipinski definition) is 13. The van der Waals surface area contributed by atoms with Crippen molar-refractivity contribution < 1.29 is 55.1 Å². The number of alkyl halides is 2. The number of halogens is 8. The van der Waals surface area contributed by atoms with Crippen LogP contribution in [0.25, 0.3) is 0 Å². The minimum atomic E-state index is -10.7. The van der Waals surface area contributed by atoms with Gasteiger partial charge in [0, 0.05) is 78.6 Å². The van der Waals surface area contributed by atoms with E-state index in [9.17, 15) is 44.4 Å². The number of carboxylic acids is 1. The van der Waals surface area contributed by atoms with E-state index in [0.717, 1.165) is 73.1 Å². The van der Waals surface area contributed by atoms with Crippen LogP contribution in [0.2, 0.25) is 0 Å². The maximum Gasteiger partial charge on any atom is 0 e. The first-order valence-electron chi connectivity index (χ1n) is 40.2. The van der Waals surface area contributed by atoms with E-state index in [1.807, 2.05) is 155 Å². The van der Waals surface area contributed by atoms with Gasteiger partial charge in [-0.15, -0.1) is 23.2 Å². The average Bonchev–Trinajstić information content (AvgIpc) is 1.32. The van der Waals surface area contributed by atoms with Crippen molar-refractivity contribution in [2.45, 2.75) is 210 Å². The molecule has 2 unspecified atom stereocenters. The van der Waals surface area contributed by atoms with Crippen LogP contribution in [0.5, 0.6) is 0 Å². The van der Waals surface area contributed by atoms with Crippen molar-refractivity contribution in [3.05, 3.63) is 212 Å². The molecule has 8 rings (SSSR count). The molecule has 1 aliphatic rings. The normalized spacial score (nSPS) is 13.8. The zero-order valence-electron chi connectivity index (χ0n) is 73.9. The number of carbonyl (C=O) groups is 2. The van der Waals surface area contributed by atoms with Crippen LogP contribution in [0.4, 0.5) is 25.2 Å². The number of nitrogens with two attached hydrogens (primary N) is 3. The number of ether oxygens (including phenoxy) is 2. The van der Waals surface area contributed by atoms with Crippen LogP contribution in [0.3, 0.4) is 0 Å². The van der Waals surface area contributed by atoms with Crippen molar-refractivity contribution in [3.63, 3.8) is 0 Å². The van der Waals surface area contributed by atoms with E-state index < -0.39 is 13.8 Å². The molecule has 30 heteroatoms. The number of nitrogens with zero attached hydrogens (tertiary/aromatic N) is 7. The predicted molar refractivity (Wildman–Crippen MR) is 477 cm³/mol. The van der Waals surface area contributed by atoms with Gasteiger partial charge >= 0.3 is 50.3 Å². The van der Waals surface area contributed by atoms with E-state index in [1.165, 1.54) is 28.7 Å². The largest absolute Gasteiger partial charge is 0.274 e. The average molecular weight is 1720 g/mol. The second-order valence-electron chi connectivity index (χ2n) is 29.8. The number of aromatic amines is 1. The monoisotopic (exact) mass is 1720 g/mol. The van der Waals surface area contributed by atoms with E-state index in [-0.39, 0.29) is 53.6 Å². The molecule has 2 aromatic heterocycles. The minimum Gasteiger partial charge on any atom is -0.274 e. The van der Waals surface area contributed by atoms with E-state index in [4.69, 9.17) is 43.6 Å². The van der Waals surface area contributed by atoms with Crippen LogP contribution in [0.15, 0.2) is 171 Å². The molecule has 0 bridgehead atoms. The van der Waals surface area contributed by atoms with Crippen molar-refractivity contribution in [2.75, 3.05) is 45.0 Å². The number of benzene rings is 5. The summed E-state index contributed by atoms with van der Waals surface area (Å²) < 4.78 is 77.8. The smallest absolute Gasteiger partial charge is 0 e. The van der Waals surface area contributed by atoms with Crippen molar-refractivity contribution in [2.24, 2.45) is 93.7 Å². The van der Waals surface area contributed by atoms with Gasteiger partial charge < -0.3 is 29.7 Å². The number of amides is 1. The molecule has 21 nitrogen and oxygen atoms in total. The summed E-state index contributed by atoms with van der Waals surface area (Å²) in [5, 5.41) is 22.6. The number of aryl methyl sites for hydroxylation is 1. The Bertz CT molecular complexity index is 3820. The van der Waals surface area contributed by atoms with E-state index in [1.54, 1.807) is 23.1 Å². The second-order valence-corrected chi connectivity index (χ2v) is 32.5. The minimum absolute atomic E-state index is 0. The maximum absolute atomic E-state index is 12.2. The van der Waals surface area contributed by atoms with Crippen molar-refractivity contribution in [1.82, 2.24) is 39.9 Å². The van der Waals surface area contributed by atoms with Gasteiger partial charge in [0.2, 0.25) is 5.91 Å². The SMILES string of the molecule is C1CCOC1.CC(C)C(C)c1n[nH]c(=O)n1Cc1ccccc1.CC(C)C(C)c1nn(C)c(=O)n1Cc1ccccc1.CC(C)[C@@H](C)C(=NCc1ccccc1)NN.CC(C)[C@@H](C)C(=O)NCc1ccccc1.CC(C)[C@@H](C)C(=O)O.CCOC(=NCc1ccccc1)[C@H](C)C(C)C.CC[O+](CC)CC.ClCCl.F[P-](F)(F)(F)(F)F.NN.[HH]. The number of hydrogen-bond donors (Lipinski definition) is 7. The molecule has 1 aliphatic heterocycles. The number of H-pyrrole nitrogens is 1. The number of aliphatic imine (C=N–C) groups is 2. The molecule has 5 aromatic carbocycles. The topological polar surface area (TPSA) is 293 Å². The molecule has 1 fully saturated rings. The van der Waals surface area contributed by atoms with Gasteiger partial charge in [-0.3, -0.25) is 40.4 Å². The number of aliphatic carboxylic acids is 1. The summed E-state index contributed by atoms with van der Waals surface area (Å²) in [5.41, 5.74) is 8.31. The molecule has 10 N–H and O–H groups in total. The summed E-state index contributed by atoms with van der Waals surface area (Å²) in [4.78, 5) is 54.9. The standard InChI is InChI=1S/C15H21N3O.C15H23NO.C14H19N3O.C13H21N3.C13H19NO.C6H12O2.C6H15O.C4H8O.CH2Cl2.F6P.H4N2.H2/c1-11(2)12(3)14-16-17(4)15(19)18(14)10-13-8-6-5-7-9-13;1-5-17-15(13(4)12(2)3)16-11-14-9-7-6-8-10-14;1-10(2)11(3)13-15-16-14(18)17(13)9-12-7-5-4-6-8-12;1-10(2)11(3)13(16-14)15-9-12-7-5-4-6-8-12;1-10(2)11(3)13(15)14-9-12-7-5-4-6-8-12;1-4(2)5(3)6(7)8;1-4-7(5-2)6-3;1-2-4-5-3-1;2-1-3;1-7(2,3,4,5)6;1-2;/h5-9,11-12H,10H2,1-4H3;6-10,12-13H,5,11H2,1-4H3;4-8,10-11H,9H2,1-3H3,(H,16,18);4-8,10-11H,9,14H2,1-3H3,(H,15,16);4-8,10-11H,9H2,1-3H3,(H,14,15);4-5H,1-3H3,(H,7,8);4-6H2,1-3H3;1-4H2;1H2;;1-2H2;1H/q;;;;;;+1;;;-1;;/t;13-;;2*11-;5-;;;;;;/m.1.111....../s1. The van der Waals surface area contributed by atoms with Gasteiger partial charge in [-0.25, -0.2) is 25.2 Å². The summed E-state index contributed by atoms with van der Waals surface area (Å²) in [7, 11) is -8.95. The molecule has 117 heavy (non-hydrogen) atoms. The van der Waals surface area contributed by atoms with Crippen molar-refractivity contribution in [1.29, 1.82) is 0 Å². The summed E-state index contributed by atoms with van der Waals surface area (Å²) >= 11 is 9.53. The number of rotatable bonds is 26. The van der Waals surface area contributed by atoms with E-state index in [2.05, 4.69) is 194 Å². The van der Waals surface area contributed by atoms with Crippen LogP contribution in [-0.4, -0.2) is 103 Å². The van der Waals surface area contributed by atoms with E-state index >= 15 is 0 Å². The van der Waals surface area contributed by atoms with Crippen LogP contribution >= 0.6 is 31.0 Å². The molecule has 6 atom stereocenters. The Balaban J connectivity index is -0.000000630. The molecule has 668 valence electrons. The fourth-order valence-electron chi connectivity index (χ4n) is 9.53. The van der Waals surface area contributed by atoms with Gasteiger partial charge in [0.1, 0.15) is 37.3 Å². The Kier molecular flexibility index (Phi) is 59.6. The third-order valence-electron chi connectivity index (χ3n) is 19.0. The van der Waals surface area contributed by atoms with E-state index in [0.29, 0.717) is 80.8 Å². The number of amidine groups is 1. The molecule has 7 aromatic rings. The van der Waals surface area contributed by atoms with Gasteiger partial charge in [0.25, 0.3) is 0 Å². The molecular formula is C87H146Cl2F6N13O8P. The first-order valence-corrected chi connectivity index (χ1v) is 43.3. The third kappa shape index (κ3) is 55.6. The van der Waals surface area contributed by atoms with Gasteiger partial charge in [-0.05, 0) is 83.1 Å². The summed E-state index contributed by atoms with van der Waals surface area (Å²) in [5.74, 6) is 20.1. The van der Waals surface area contributed by atoms with Crippen LogP contribution in [0.1, 0.15) is 218 Å². The molecule has 0 aliphatic carbocycles. The Hall–Kier alpha value is -7.75. The Labute approximate surface area is 706 Å². The second kappa shape index (κ2) is 61.5. The first-order chi connectivity index (χ1) is 54.8. The zero-order chi connectivity index (χ0) is 90.1. The van der Waals surface area contributed by atoms with Gasteiger partial charge in [0.05, 0.1) is 44.0 Å². The molecule has 0 saturated carbocycles. The number of carbonyl (C=O) groups excluding carboxylic acids is 1. The van der Waals surface area contributed by atoms with Crippen molar-refractivity contribution in [3.8, 4) is 0 Å². The summed E-state index contributed by atoms with van der Waals surface area (Å²) in [6, 6.07) is 50.4. The molecule has 0 radical (unpaired) electrons. The van der Waals surface area contributed by atoms with Crippen LogP contribution < -0.4 is 39.7 Å². The molecule has 3 heterocycles. The van der Waals surface area contributed by atoms with Crippen LogP contribution in [-0.2, 0) is 63.2 Å². The Morgan fingerprint density at radius 1 is 0.556 bits per heavy atom. The maximum atomic E-state index is 12.2. The van der Waals surface area contributed by atoms with Crippen LogP contribution in [0, 0.1) is 59.2 Å². The fourth-order valence-corrected chi connectivity index (χ4v) is 9.53. The van der Waals surface area contributed by atoms with Gasteiger partial charge in [0.15, 0.2) is 5.90 Å².